The van der Waals surface area contributed by atoms with Gasteiger partial charge in [-0.25, -0.2) is 14.3 Å². The highest BCUT2D eigenvalue weighted by atomic mass is 127. The zero-order valence-corrected chi connectivity index (χ0v) is 17.4. The molecule has 1 aromatic heterocycles. The molecule has 0 bridgehead atoms. The summed E-state index contributed by atoms with van der Waals surface area (Å²) in [6, 6.07) is 13.1. The third-order valence-electron chi connectivity index (χ3n) is 4.08. The van der Waals surface area contributed by atoms with E-state index in [1.807, 2.05) is 22.6 Å². The minimum Gasteiger partial charge on any atom is -0.465 e. The highest BCUT2D eigenvalue weighted by Gasteiger charge is 2.33. The Kier molecular flexibility index (Phi) is 5.92. The molecule has 0 aliphatic rings. The lowest BCUT2D eigenvalue weighted by molar-refractivity contribution is -0.385. The van der Waals surface area contributed by atoms with Crippen LogP contribution in [0.5, 0.6) is 0 Å². The van der Waals surface area contributed by atoms with Crippen LogP contribution in [-0.2, 0) is 9.47 Å². The maximum Gasteiger partial charge on any atom is 0.357 e. The predicted molar refractivity (Wildman–Crippen MR) is 111 cm³/mol. The van der Waals surface area contributed by atoms with Crippen molar-refractivity contribution in [1.82, 2.24) is 9.78 Å². The van der Waals surface area contributed by atoms with Gasteiger partial charge in [0.25, 0.3) is 5.69 Å². The van der Waals surface area contributed by atoms with Gasteiger partial charge in [0.2, 0.25) is 0 Å². The number of hydrogen-bond donors (Lipinski definition) is 0. The van der Waals surface area contributed by atoms with Gasteiger partial charge in [0, 0.05) is 11.6 Å². The molecule has 0 N–H and O–H groups in total. The first-order valence-electron chi connectivity index (χ1n) is 8.19. The Morgan fingerprint density at radius 2 is 1.69 bits per heavy atom. The maximum atomic E-state index is 12.6. The normalized spacial score (nSPS) is 10.4. The summed E-state index contributed by atoms with van der Waals surface area (Å²) in [6.07, 6.45) is 0. The van der Waals surface area contributed by atoms with E-state index in [-0.39, 0.29) is 26.2 Å². The minimum atomic E-state index is -0.815. The molecule has 0 saturated carbocycles. The first-order chi connectivity index (χ1) is 13.9. The van der Waals surface area contributed by atoms with Gasteiger partial charge in [0.15, 0.2) is 5.69 Å². The largest absolute Gasteiger partial charge is 0.465 e. The van der Waals surface area contributed by atoms with Crippen LogP contribution in [0.15, 0.2) is 48.5 Å². The fraction of sp³-hybridized carbons (Fsp3) is 0.105. The molecule has 0 amide bonds. The van der Waals surface area contributed by atoms with Crippen molar-refractivity contribution in [2.24, 2.45) is 0 Å². The van der Waals surface area contributed by atoms with E-state index in [1.165, 1.54) is 31.0 Å². The zero-order valence-electron chi connectivity index (χ0n) is 15.3. The molecule has 1 heterocycles. The van der Waals surface area contributed by atoms with E-state index in [0.29, 0.717) is 11.3 Å². The number of carbonyl (C=O) groups excluding carboxylic acids is 2. The Balaban J connectivity index is 2.41. The molecule has 0 aliphatic heterocycles. The molecule has 0 saturated heterocycles. The fourth-order valence-corrected chi connectivity index (χ4v) is 3.60. The van der Waals surface area contributed by atoms with Crippen LogP contribution in [0.4, 0.5) is 5.69 Å². The maximum absolute atomic E-state index is 12.6. The number of nitro benzene ring substituents is 1. The van der Waals surface area contributed by atoms with Crippen LogP contribution in [0.2, 0.25) is 0 Å². The van der Waals surface area contributed by atoms with Gasteiger partial charge >= 0.3 is 11.9 Å². The molecule has 0 unspecified atom stereocenters. The number of esters is 2. The van der Waals surface area contributed by atoms with Crippen molar-refractivity contribution >= 4 is 40.2 Å². The van der Waals surface area contributed by atoms with Crippen LogP contribution >= 0.6 is 22.6 Å². The van der Waals surface area contributed by atoms with Crippen molar-refractivity contribution in [3.8, 4) is 16.9 Å². The molecule has 3 rings (SSSR count). The first kappa shape index (κ1) is 20.5. The summed E-state index contributed by atoms with van der Waals surface area (Å²) in [5.41, 5.74) is 0.483. The Morgan fingerprint density at radius 3 is 2.28 bits per heavy atom. The summed E-state index contributed by atoms with van der Waals surface area (Å²) in [7, 11) is 2.36. The Hall–Kier alpha value is -3.28. The summed E-state index contributed by atoms with van der Waals surface area (Å²) in [4.78, 5) is 36.0. The van der Waals surface area contributed by atoms with E-state index in [1.54, 1.807) is 36.4 Å². The van der Waals surface area contributed by atoms with Crippen molar-refractivity contribution in [2.45, 2.75) is 0 Å². The summed E-state index contributed by atoms with van der Waals surface area (Å²) in [5, 5.41) is 15.8. The second kappa shape index (κ2) is 8.39. The van der Waals surface area contributed by atoms with Crippen molar-refractivity contribution in [3.63, 3.8) is 0 Å². The molecule has 0 radical (unpaired) electrons. The number of nitrogens with zero attached hydrogens (tertiary/aromatic N) is 3. The number of benzene rings is 2. The molecule has 0 atom stereocenters. The molecule has 29 heavy (non-hydrogen) atoms. The lowest BCUT2D eigenvalue weighted by atomic mass is 10.0. The van der Waals surface area contributed by atoms with E-state index in [4.69, 9.17) is 9.47 Å². The minimum absolute atomic E-state index is 0.0780. The monoisotopic (exact) mass is 507 g/mol. The summed E-state index contributed by atoms with van der Waals surface area (Å²) in [5.74, 6) is -1.61. The second-order valence-electron chi connectivity index (χ2n) is 5.70. The molecular formula is C19H14IN3O6. The van der Waals surface area contributed by atoms with E-state index in [2.05, 4.69) is 5.10 Å². The second-order valence-corrected chi connectivity index (χ2v) is 6.78. The number of methoxy groups -OCH3 is 2. The lowest BCUT2D eigenvalue weighted by Gasteiger charge is -2.07. The van der Waals surface area contributed by atoms with Crippen LogP contribution < -0.4 is 0 Å². The molecule has 0 spiro atoms. The van der Waals surface area contributed by atoms with Crippen molar-refractivity contribution in [3.05, 3.63) is 73.5 Å². The van der Waals surface area contributed by atoms with Gasteiger partial charge in [0.05, 0.1) is 24.8 Å². The van der Waals surface area contributed by atoms with Crippen LogP contribution in [0.25, 0.3) is 16.9 Å². The van der Waals surface area contributed by atoms with Gasteiger partial charge in [-0.15, -0.1) is 0 Å². The van der Waals surface area contributed by atoms with E-state index < -0.39 is 16.9 Å². The quantitative estimate of drug-likeness (QED) is 0.224. The summed E-state index contributed by atoms with van der Waals surface area (Å²) in [6.45, 7) is 0. The molecule has 9 nitrogen and oxygen atoms in total. The average Bonchev–Trinajstić information content (AvgIpc) is 3.13. The van der Waals surface area contributed by atoms with Crippen LogP contribution in [0, 0.1) is 13.7 Å². The number of halogens is 1. The average molecular weight is 507 g/mol. The molecule has 0 aliphatic carbocycles. The van der Waals surface area contributed by atoms with Gasteiger partial charge < -0.3 is 9.47 Å². The number of ether oxygens (including phenoxy) is 2. The molecule has 2 aromatic carbocycles. The fourth-order valence-electron chi connectivity index (χ4n) is 2.79. The topological polar surface area (TPSA) is 114 Å². The number of rotatable bonds is 5. The third kappa shape index (κ3) is 3.70. The smallest absolute Gasteiger partial charge is 0.357 e. The first-order valence-corrected chi connectivity index (χ1v) is 9.27. The van der Waals surface area contributed by atoms with Gasteiger partial charge in [-0.1, -0.05) is 30.3 Å². The number of aromatic nitrogens is 2. The third-order valence-corrected chi connectivity index (χ3v) is 5.22. The van der Waals surface area contributed by atoms with E-state index in [9.17, 15) is 19.7 Å². The van der Waals surface area contributed by atoms with Crippen LogP contribution in [0.3, 0.4) is 0 Å². The molecule has 148 valence electrons. The van der Waals surface area contributed by atoms with E-state index >= 15 is 0 Å². The molecular weight excluding hydrogens is 493 g/mol. The summed E-state index contributed by atoms with van der Waals surface area (Å²) < 4.78 is 11.3. The number of carbonyl (C=O) groups is 2. The zero-order chi connectivity index (χ0) is 21.1. The van der Waals surface area contributed by atoms with E-state index in [0.717, 1.165) is 0 Å². The van der Waals surface area contributed by atoms with Gasteiger partial charge in [-0.3, -0.25) is 10.1 Å². The lowest BCUT2D eigenvalue weighted by Crippen LogP contribution is -2.15. The van der Waals surface area contributed by atoms with Crippen LogP contribution in [-0.4, -0.2) is 40.9 Å². The number of para-hydroxylation sites is 1. The standard InChI is InChI=1S/C19H14IN3O6/c1-28-18(24)14-16(12-9-6-10-13(15(12)20)23(26)27)21-22(17(14)19(25)29-2)11-7-4-3-5-8-11/h3-10H,1-2H3. The SMILES string of the molecule is COC(=O)c1c(-c2cccc([N+](=O)[O-])c2I)nn(-c2ccccc2)c1C(=O)OC. The Morgan fingerprint density at radius 1 is 1.03 bits per heavy atom. The van der Waals surface area contributed by atoms with Crippen LogP contribution in [0.1, 0.15) is 20.8 Å². The summed E-state index contributed by atoms with van der Waals surface area (Å²) >= 11 is 1.81. The molecule has 0 fully saturated rings. The highest BCUT2D eigenvalue weighted by Crippen LogP contribution is 2.35. The Bertz CT molecular complexity index is 1110. The van der Waals surface area contributed by atoms with Gasteiger partial charge in [0.1, 0.15) is 14.8 Å². The van der Waals surface area contributed by atoms with Crippen molar-refractivity contribution in [2.75, 3.05) is 14.2 Å². The van der Waals surface area contributed by atoms with Crippen molar-refractivity contribution < 1.29 is 24.0 Å². The molecule has 3 aromatic rings. The predicted octanol–water partition coefficient (Wildman–Crippen LogP) is 3.63. The Labute approximate surface area is 178 Å². The number of hydrogen-bond acceptors (Lipinski definition) is 7. The van der Waals surface area contributed by atoms with Gasteiger partial charge in [-0.05, 0) is 34.7 Å². The van der Waals surface area contributed by atoms with Gasteiger partial charge in [-0.2, -0.15) is 5.10 Å². The number of nitro groups is 1. The van der Waals surface area contributed by atoms with Crippen molar-refractivity contribution in [1.29, 1.82) is 0 Å². The highest BCUT2D eigenvalue weighted by molar-refractivity contribution is 14.1. The molecule has 10 heteroatoms.